The lowest BCUT2D eigenvalue weighted by atomic mass is 9.90. The molecule has 16 heteroatoms. The summed E-state index contributed by atoms with van der Waals surface area (Å²) < 4.78 is 42.8. The van der Waals surface area contributed by atoms with E-state index in [-0.39, 0.29) is 49.5 Å². The maximum absolute atomic E-state index is 14.8. The first kappa shape index (κ1) is 44.5. The first-order chi connectivity index (χ1) is 29.5. The zero-order valence-electron chi connectivity index (χ0n) is 36.7. The van der Waals surface area contributed by atoms with E-state index in [1.54, 1.807) is 37.0 Å². The van der Waals surface area contributed by atoms with Gasteiger partial charge in [0, 0.05) is 41.7 Å². The van der Waals surface area contributed by atoms with Crippen molar-refractivity contribution in [2.45, 2.75) is 153 Å². The summed E-state index contributed by atoms with van der Waals surface area (Å²) in [5.74, 6) is -2.43. The number of para-hydroxylation sites is 1. The van der Waals surface area contributed by atoms with Gasteiger partial charge in [0.1, 0.15) is 22.2 Å². The van der Waals surface area contributed by atoms with Gasteiger partial charge in [-0.3, -0.25) is 28.5 Å². The first-order valence-corrected chi connectivity index (χ1v) is 25.1. The number of piperidine rings is 1. The zero-order chi connectivity index (χ0) is 44.0. The summed E-state index contributed by atoms with van der Waals surface area (Å²) >= 11 is 1.61. The molecular formula is C46H62N6O8S2. The number of carbonyl (C=O) groups excluding carboxylic acids is 4. The lowest BCUT2D eigenvalue weighted by molar-refractivity contribution is -0.159. The highest BCUT2D eigenvalue weighted by molar-refractivity contribution is 7.90. The van der Waals surface area contributed by atoms with Crippen molar-refractivity contribution >= 4 is 56.0 Å². The molecule has 2 saturated carbocycles. The molecule has 0 spiro atoms. The van der Waals surface area contributed by atoms with Gasteiger partial charge < -0.3 is 19.7 Å². The number of aromatic nitrogens is 3. The number of ketones is 1. The quantitative estimate of drug-likeness (QED) is 0.158. The molecule has 2 aromatic heterocycles. The average molecular weight is 891 g/mol. The Balaban J connectivity index is 1.11. The number of nitrogens with zero attached hydrogens (tertiary/aromatic N) is 4. The van der Waals surface area contributed by atoms with E-state index in [1.807, 2.05) is 34.9 Å². The number of hydrogen-bond acceptors (Lipinski definition) is 12. The number of nitrogens with one attached hydrogen (secondary N) is 2. The van der Waals surface area contributed by atoms with Crippen LogP contribution in [0.25, 0.3) is 21.6 Å². The predicted molar refractivity (Wildman–Crippen MR) is 237 cm³/mol. The van der Waals surface area contributed by atoms with Crippen LogP contribution in [-0.4, -0.2) is 94.1 Å². The van der Waals surface area contributed by atoms with E-state index >= 15 is 0 Å². The number of imidazole rings is 1. The van der Waals surface area contributed by atoms with E-state index in [9.17, 15) is 27.6 Å². The number of hydrogen-bond donors (Lipinski definition) is 2. The smallest absolute Gasteiger partial charge is 0.307 e. The zero-order valence-corrected chi connectivity index (χ0v) is 38.3. The van der Waals surface area contributed by atoms with E-state index in [0.717, 1.165) is 72.5 Å². The fraction of sp³-hybridized carbons (Fsp3) is 0.652. The summed E-state index contributed by atoms with van der Waals surface area (Å²) in [5.41, 5.74) is 1.66. The Bertz CT molecular complexity index is 2320. The maximum Gasteiger partial charge on any atom is 0.307 e. The standard InChI is InChI=1S/C46H62N6O8S2/c1-28(2)52-36-15-11-14-34(41-48-35(27-61-41)29-18-20-47-21-19-29)40(36)49-44(52)59-32-23-37-38(53)25-46(43(56)50-62(57,58)33-16-17-33)24-31(46)13-10-8-6-7-9-12-30(42(55)51(37)26-32)22-39(54)60-45(3,4)5/h10-11,13-15,27-33,37,47H,6-9,12,16-26H2,1-5H3,(H,50,56)/b13-10-/t30-,31-,32-,37+,46-/m1/s1. The van der Waals surface area contributed by atoms with Crippen LogP contribution in [-0.2, 0) is 33.9 Å². The molecule has 5 aliphatic rings. The van der Waals surface area contributed by atoms with Crippen LogP contribution in [0.4, 0.5) is 0 Å². The van der Waals surface area contributed by atoms with Crippen LogP contribution < -0.4 is 14.8 Å². The van der Waals surface area contributed by atoms with Crippen LogP contribution in [0.2, 0.25) is 0 Å². The van der Waals surface area contributed by atoms with Crippen LogP contribution >= 0.6 is 11.3 Å². The fourth-order valence-corrected chi connectivity index (χ4v) is 11.9. The summed E-state index contributed by atoms with van der Waals surface area (Å²) in [6.07, 6.45) is 10.1. The number of carbonyl (C=O) groups is 4. The minimum Gasteiger partial charge on any atom is -0.460 e. The van der Waals surface area contributed by atoms with Crippen molar-refractivity contribution in [1.29, 1.82) is 0 Å². The minimum absolute atomic E-state index is 0.0506. The molecule has 0 unspecified atom stereocenters. The average Bonchev–Trinajstić information content (AvgIpc) is 4.03. The second kappa shape index (κ2) is 17.8. The highest BCUT2D eigenvalue weighted by Crippen LogP contribution is 2.57. The summed E-state index contributed by atoms with van der Waals surface area (Å²) in [4.78, 5) is 68.6. The molecule has 2 aliphatic carbocycles. The SMILES string of the molecule is CC(C)n1c(O[C@@H]2C[C@H]3C(=O)C[C@]4(C(=O)NS(=O)(=O)C5CC5)C[C@H]4/C=C\CCCCC[C@H](CC(=O)OC(C)(C)C)C(=O)N3C2)nc2c(-c3nc(C4CCNCC4)cs3)cccc21. The predicted octanol–water partition coefficient (Wildman–Crippen LogP) is 7.00. The number of allylic oxidation sites excluding steroid dienone is 2. The molecule has 3 aliphatic heterocycles. The number of esters is 1. The van der Waals surface area contributed by atoms with Crippen LogP contribution in [0.3, 0.4) is 0 Å². The van der Waals surface area contributed by atoms with Gasteiger partial charge >= 0.3 is 5.97 Å². The van der Waals surface area contributed by atoms with E-state index in [1.165, 1.54) is 0 Å². The van der Waals surface area contributed by atoms with Gasteiger partial charge in [-0.15, -0.1) is 11.3 Å². The Kier molecular flexibility index (Phi) is 12.8. The van der Waals surface area contributed by atoms with E-state index in [4.69, 9.17) is 19.4 Å². The molecule has 2 saturated heterocycles. The topological polar surface area (TPSA) is 179 Å². The number of Topliss-reactive ketones (excluding diaryl/α,β-unsaturated/α-hetero) is 1. The summed E-state index contributed by atoms with van der Waals surface area (Å²) in [7, 11) is -3.86. The normalized spacial score (nSPS) is 27.3. The van der Waals surface area contributed by atoms with Crippen LogP contribution in [0, 0.1) is 17.3 Å². The van der Waals surface area contributed by atoms with E-state index in [0.29, 0.717) is 44.0 Å². The van der Waals surface area contributed by atoms with Gasteiger partial charge in [-0.05, 0) is 117 Å². The van der Waals surface area contributed by atoms with E-state index in [2.05, 4.69) is 29.3 Å². The maximum atomic E-state index is 14.8. The number of sulfonamides is 1. The number of amides is 2. The summed E-state index contributed by atoms with van der Waals surface area (Å²) in [6, 6.07) is 5.40. The lowest BCUT2D eigenvalue weighted by Gasteiger charge is -2.29. The monoisotopic (exact) mass is 890 g/mol. The number of thiazole rings is 1. The van der Waals surface area contributed by atoms with Crippen molar-refractivity contribution in [3.63, 3.8) is 0 Å². The second-order valence-electron chi connectivity index (χ2n) is 19.5. The summed E-state index contributed by atoms with van der Waals surface area (Å²) in [5, 5.41) is 5.88. The number of rotatable bonds is 10. The molecule has 2 amide bonds. The molecule has 3 aromatic rings. The number of fused-ring (bicyclic) bond motifs is 3. The third kappa shape index (κ3) is 9.67. The second-order valence-corrected chi connectivity index (χ2v) is 22.3. The van der Waals surface area contributed by atoms with Crippen LogP contribution in [0.15, 0.2) is 35.7 Å². The first-order valence-electron chi connectivity index (χ1n) is 22.6. The molecule has 62 heavy (non-hydrogen) atoms. The highest BCUT2D eigenvalue weighted by Gasteiger charge is 2.61. The highest BCUT2D eigenvalue weighted by atomic mass is 32.2. The Hall–Kier alpha value is -4.15. The van der Waals surface area contributed by atoms with Gasteiger partial charge in [0.25, 0.3) is 6.01 Å². The molecule has 0 bridgehead atoms. The fourth-order valence-electron chi connectivity index (χ4n) is 9.62. The Labute approximate surface area is 369 Å². The van der Waals surface area contributed by atoms with Gasteiger partial charge in [0.15, 0.2) is 5.78 Å². The molecule has 5 atom stereocenters. The third-order valence-corrected chi connectivity index (χ3v) is 15.9. The molecule has 5 heterocycles. The largest absolute Gasteiger partial charge is 0.460 e. The van der Waals surface area contributed by atoms with E-state index < -0.39 is 56.2 Å². The molecule has 14 nitrogen and oxygen atoms in total. The lowest BCUT2D eigenvalue weighted by Crippen LogP contribution is -2.46. The van der Waals surface area contributed by atoms with Crippen LogP contribution in [0.5, 0.6) is 6.01 Å². The molecule has 1 aromatic carbocycles. The Morgan fingerprint density at radius 1 is 1.05 bits per heavy atom. The molecule has 0 radical (unpaired) electrons. The number of benzene rings is 1. The van der Waals surface area contributed by atoms with Gasteiger partial charge in [0.2, 0.25) is 21.8 Å². The Morgan fingerprint density at radius 3 is 2.55 bits per heavy atom. The van der Waals surface area contributed by atoms with Crippen LogP contribution in [0.1, 0.15) is 136 Å². The van der Waals surface area contributed by atoms with Crippen molar-refractivity contribution in [1.82, 2.24) is 29.5 Å². The summed E-state index contributed by atoms with van der Waals surface area (Å²) in [6.45, 7) is 11.5. The van der Waals surface area contributed by atoms with Gasteiger partial charge in [-0.2, -0.15) is 4.98 Å². The van der Waals surface area contributed by atoms with Crippen molar-refractivity contribution < 1.29 is 37.1 Å². The van der Waals surface area contributed by atoms with Gasteiger partial charge in [0.05, 0.1) is 40.9 Å². The number of ether oxygens (including phenoxy) is 2. The molecule has 2 N–H and O–H groups in total. The van der Waals surface area contributed by atoms with Crippen molar-refractivity contribution in [2.75, 3.05) is 19.6 Å². The van der Waals surface area contributed by atoms with Gasteiger partial charge in [-0.25, -0.2) is 13.4 Å². The minimum atomic E-state index is -3.86. The van der Waals surface area contributed by atoms with Crippen molar-refractivity contribution in [3.8, 4) is 16.6 Å². The molecule has 336 valence electrons. The molecule has 4 fully saturated rings. The molecule has 8 rings (SSSR count). The van der Waals surface area contributed by atoms with Crippen molar-refractivity contribution in [3.05, 3.63) is 41.4 Å². The third-order valence-electron chi connectivity index (χ3n) is 13.2. The van der Waals surface area contributed by atoms with Crippen molar-refractivity contribution in [2.24, 2.45) is 17.3 Å². The Morgan fingerprint density at radius 2 is 1.82 bits per heavy atom. The molecular weight excluding hydrogens is 829 g/mol. The van der Waals surface area contributed by atoms with Gasteiger partial charge in [-0.1, -0.05) is 31.1 Å².